The van der Waals surface area contributed by atoms with Crippen molar-refractivity contribution in [2.45, 2.75) is 34.1 Å². The summed E-state index contributed by atoms with van der Waals surface area (Å²) in [4.78, 5) is 8.00. The second-order valence-corrected chi connectivity index (χ2v) is 5.25. The van der Waals surface area contributed by atoms with E-state index >= 15 is 0 Å². The molecule has 0 amide bonds. The van der Waals surface area contributed by atoms with Crippen molar-refractivity contribution in [3.8, 4) is 11.3 Å². The molecular weight excluding hydrogens is 244 g/mol. The minimum absolute atomic E-state index is 0.595. The SMILES string of the molecule is Cc1cc(C)c(-c2nc(CCCl)[nH]c2C)c(C)c1. The van der Waals surface area contributed by atoms with E-state index < -0.39 is 0 Å². The Kier molecular flexibility index (Phi) is 3.76. The van der Waals surface area contributed by atoms with Gasteiger partial charge >= 0.3 is 0 Å². The van der Waals surface area contributed by atoms with E-state index in [4.69, 9.17) is 11.6 Å². The number of halogens is 1. The van der Waals surface area contributed by atoms with Crippen LogP contribution in [0.25, 0.3) is 11.3 Å². The van der Waals surface area contributed by atoms with Crippen LogP contribution in [0.1, 0.15) is 28.2 Å². The van der Waals surface area contributed by atoms with Gasteiger partial charge in [-0.25, -0.2) is 4.98 Å². The van der Waals surface area contributed by atoms with Crippen molar-refractivity contribution in [3.05, 3.63) is 40.3 Å². The summed E-state index contributed by atoms with van der Waals surface area (Å²) in [5.41, 5.74) is 7.27. The predicted molar refractivity (Wildman–Crippen MR) is 77.4 cm³/mol. The zero-order valence-electron chi connectivity index (χ0n) is 11.4. The summed E-state index contributed by atoms with van der Waals surface area (Å²) in [7, 11) is 0. The summed E-state index contributed by atoms with van der Waals surface area (Å²) in [5, 5.41) is 0. The van der Waals surface area contributed by atoms with Crippen molar-refractivity contribution in [1.82, 2.24) is 9.97 Å². The van der Waals surface area contributed by atoms with Crippen LogP contribution in [0.15, 0.2) is 12.1 Å². The summed E-state index contributed by atoms with van der Waals surface area (Å²) in [6, 6.07) is 4.41. The average Bonchev–Trinajstić information content (AvgIpc) is 2.59. The maximum Gasteiger partial charge on any atom is 0.108 e. The van der Waals surface area contributed by atoms with Crippen molar-refractivity contribution in [2.24, 2.45) is 0 Å². The maximum absolute atomic E-state index is 5.77. The molecule has 1 N–H and O–H groups in total. The molecule has 1 aromatic carbocycles. The molecule has 1 heterocycles. The van der Waals surface area contributed by atoms with Gasteiger partial charge in [0.05, 0.1) is 5.69 Å². The molecule has 3 heteroatoms. The van der Waals surface area contributed by atoms with Crippen LogP contribution in [0.3, 0.4) is 0 Å². The number of imidazole rings is 1. The van der Waals surface area contributed by atoms with Crippen molar-refractivity contribution in [3.63, 3.8) is 0 Å². The number of H-pyrrole nitrogens is 1. The Hall–Kier alpha value is -1.28. The second kappa shape index (κ2) is 5.15. The number of benzene rings is 1. The van der Waals surface area contributed by atoms with Crippen molar-refractivity contribution in [2.75, 3.05) is 5.88 Å². The Morgan fingerprint density at radius 3 is 2.28 bits per heavy atom. The van der Waals surface area contributed by atoms with Gasteiger partial charge in [-0.05, 0) is 38.8 Å². The molecule has 0 aliphatic heterocycles. The standard InChI is InChI=1S/C15H19ClN2/c1-9-7-10(2)14(11(3)8-9)15-12(4)17-13(18-15)5-6-16/h7-8H,5-6H2,1-4H3,(H,17,18). The number of nitrogens with one attached hydrogen (secondary N) is 1. The average molecular weight is 263 g/mol. The quantitative estimate of drug-likeness (QED) is 0.830. The first-order chi connectivity index (χ1) is 8.52. The molecule has 0 atom stereocenters. The Bertz CT molecular complexity index is 547. The van der Waals surface area contributed by atoms with Gasteiger partial charge in [0.25, 0.3) is 0 Å². The molecule has 2 rings (SSSR count). The Labute approximate surface area is 113 Å². The zero-order valence-corrected chi connectivity index (χ0v) is 12.2. The minimum atomic E-state index is 0.595. The number of aromatic nitrogens is 2. The summed E-state index contributed by atoms with van der Waals surface area (Å²) >= 11 is 5.77. The van der Waals surface area contributed by atoms with Gasteiger partial charge in [-0.3, -0.25) is 0 Å². The smallest absolute Gasteiger partial charge is 0.108 e. The lowest BCUT2D eigenvalue weighted by atomic mass is 9.96. The molecule has 0 aliphatic rings. The highest BCUT2D eigenvalue weighted by Gasteiger charge is 2.13. The Morgan fingerprint density at radius 2 is 1.72 bits per heavy atom. The van der Waals surface area contributed by atoms with Crippen LogP contribution >= 0.6 is 11.6 Å². The first-order valence-corrected chi connectivity index (χ1v) is 6.76. The summed E-state index contributed by atoms with van der Waals surface area (Å²) in [5.74, 6) is 1.56. The lowest BCUT2D eigenvalue weighted by Gasteiger charge is -2.09. The van der Waals surface area contributed by atoms with Gasteiger partial charge < -0.3 is 4.98 Å². The van der Waals surface area contributed by atoms with Gasteiger partial charge in [-0.15, -0.1) is 11.6 Å². The predicted octanol–water partition coefficient (Wildman–Crippen LogP) is 4.09. The van der Waals surface area contributed by atoms with Gasteiger partial charge in [0.2, 0.25) is 0 Å². The second-order valence-electron chi connectivity index (χ2n) is 4.87. The fraction of sp³-hybridized carbons (Fsp3) is 0.400. The molecule has 18 heavy (non-hydrogen) atoms. The summed E-state index contributed by atoms with van der Waals surface area (Å²) in [6.07, 6.45) is 0.784. The largest absolute Gasteiger partial charge is 0.346 e. The van der Waals surface area contributed by atoms with Crippen molar-refractivity contribution in [1.29, 1.82) is 0 Å². The third-order valence-electron chi connectivity index (χ3n) is 3.18. The molecular formula is C15H19ClN2. The summed E-state index contributed by atoms with van der Waals surface area (Å²) < 4.78 is 0. The molecule has 0 spiro atoms. The maximum atomic E-state index is 5.77. The Balaban J connectivity index is 2.55. The molecule has 2 aromatic rings. The highest BCUT2D eigenvalue weighted by atomic mass is 35.5. The van der Waals surface area contributed by atoms with E-state index in [1.807, 2.05) is 0 Å². The van der Waals surface area contributed by atoms with Gasteiger partial charge in [0.15, 0.2) is 0 Å². The molecule has 0 saturated carbocycles. The first-order valence-electron chi connectivity index (χ1n) is 6.22. The molecule has 0 radical (unpaired) electrons. The van der Waals surface area contributed by atoms with Gasteiger partial charge in [-0.1, -0.05) is 17.7 Å². The van der Waals surface area contributed by atoms with Crippen LogP contribution in [0.5, 0.6) is 0 Å². The number of hydrogen-bond acceptors (Lipinski definition) is 1. The minimum Gasteiger partial charge on any atom is -0.346 e. The molecule has 2 nitrogen and oxygen atoms in total. The normalized spacial score (nSPS) is 10.9. The van der Waals surface area contributed by atoms with Crippen molar-refractivity contribution < 1.29 is 0 Å². The lowest BCUT2D eigenvalue weighted by Crippen LogP contribution is -1.92. The number of aromatic amines is 1. The van der Waals surface area contributed by atoms with Crippen LogP contribution < -0.4 is 0 Å². The van der Waals surface area contributed by atoms with E-state index in [2.05, 4.69) is 49.8 Å². The third-order valence-corrected chi connectivity index (χ3v) is 3.37. The number of aryl methyl sites for hydroxylation is 5. The van der Waals surface area contributed by atoms with Gasteiger partial charge in [0, 0.05) is 23.6 Å². The van der Waals surface area contributed by atoms with Gasteiger partial charge in [-0.2, -0.15) is 0 Å². The van der Waals surface area contributed by atoms with Crippen LogP contribution in [0, 0.1) is 27.7 Å². The molecule has 0 saturated heterocycles. The fourth-order valence-electron chi connectivity index (χ4n) is 2.53. The third kappa shape index (κ3) is 2.44. The van der Waals surface area contributed by atoms with Crippen LogP contribution in [0.4, 0.5) is 0 Å². The van der Waals surface area contributed by atoms with Crippen LogP contribution in [-0.4, -0.2) is 15.8 Å². The molecule has 1 aromatic heterocycles. The first kappa shape index (κ1) is 13.2. The monoisotopic (exact) mass is 262 g/mol. The number of rotatable bonds is 3. The highest BCUT2D eigenvalue weighted by Crippen LogP contribution is 2.29. The van der Waals surface area contributed by atoms with Crippen molar-refractivity contribution >= 4 is 11.6 Å². The number of nitrogens with zero attached hydrogens (tertiary/aromatic N) is 1. The highest BCUT2D eigenvalue weighted by molar-refractivity contribution is 6.17. The molecule has 0 bridgehead atoms. The van der Waals surface area contributed by atoms with Gasteiger partial charge in [0.1, 0.15) is 5.82 Å². The molecule has 0 aliphatic carbocycles. The Morgan fingerprint density at radius 1 is 1.11 bits per heavy atom. The van der Waals surface area contributed by atoms with E-state index in [0.29, 0.717) is 5.88 Å². The lowest BCUT2D eigenvalue weighted by molar-refractivity contribution is 0.988. The molecule has 0 unspecified atom stereocenters. The number of alkyl halides is 1. The van der Waals surface area contributed by atoms with E-state index in [0.717, 1.165) is 23.6 Å². The fourth-order valence-corrected chi connectivity index (χ4v) is 2.71. The van der Waals surface area contributed by atoms with Crippen LogP contribution in [-0.2, 0) is 6.42 Å². The summed E-state index contributed by atoms with van der Waals surface area (Å²) in [6.45, 7) is 8.48. The topological polar surface area (TPSA) is 28.7 Å². The van der Waals surface area contributed by atoms with E-state index in [-0.39, 0.29) is 0 Å². The van der Waals surface area contributed by atoms with Crippen LogP contribution in [0.2, 0.25) is 0 Å². The zero-order chi connectivity index (χ0) is 13.3. The molecule has 0 fully saturated rings. The van der Waals surface area contributed by atoms with E-state index in [9.17, 15) is 0 Å². The number of hydrogen-bond donors (Lipinski definition) is 1. The van der Waals surface area contributed by atoms with E-state index in [1.165, 1.54) is 22.3 Å². The molecule has 96 valence electrons. The van der Waals surface area contributed by atoms with E-state index in [1.54, 1.807) is 0 Å².